The maximum Gasteiger partial charge on any atom is 0.269 e. The highest BCUT2D eigenvalue weighted by Gasteiger charge is 2.27. The van der Waals surface area contributed by atoms with Crippen molar-refractivity contribution in [3.8, 4) is 0 Å². The number of aliphatic hydroxyl groups is 1. The molecule has 1 aromatic rings. The number of amides is 1. The Balaban J connectivity index is 2.98. The molecule has 2 unspecified atom stereocenters. The lowest BCUT2D eigenvalue weighted by Gasteiger charge is -2.24. The van der Waals surface area contributed by atoms with Gasteiger partial charge in [0.15, 0.2) is 4.84 Å². The number of non-ortho nitro benzene ring substituents is 1. The van der Waals surface area contributed by atoms with Crippen molar-refractivity contribution in [2.24, 2.45) is 0 Å². The predicted octanol–water partition coefficient (Wildman–Crippen LogP) is 0.893. The molecule has 0 heterocycles. The smallest absolute Gasteiger partial charge is 0.269 e. The topological polar surface area (TPSA) is 136 Å². The molecular formula is C12H14Cl2N2O7S. The molecule has 1 amide bonds. The summed E-state index contributed by atoms with van der Waals surface area (Å²) >= 11 is 10.8. The fraction of sp³-hybridized carbons (Fsp3) is 0.417. The number of carbonyl (C=O) groups excluding carboxylic acids is 1. The molecule has 2 atom stereocenters. The van der Waals surface area contributed by atoms with Gasteiger partial charge in [-0.15, -0.1) is 0 Å². The SMILES string of the molecule is CS(=O)(=O)OCC(NC(=O)C(Cl)Cl)C(O)c1ccc([N+](=O)[O-])cc1. The summed E-state index contributed by atoms with van der Waals surface area (Å²) < 4.78 is 26.8. The van der Waals surface area contributed by atoms with Crippen LogP contribution < -0.4 is 5.32 Å². The zero-order valence-electron chi connectivity index (χ0n) is 12.3. The number of hydrogen-bond donors (Lipinski definition) is 2. The molecule has 9 nitrogen and oxygen atoms in total. The molecule has 12 heteroatoms. The molecule has 0 saturated heterocycles. The molecule has 134 valence electrons. The highest BCUT2D eigenvalue weighted by molar-refractivity contribution is 7.85. The number of alkyl halides is 2. The number of nitrogens with one attached hydrogen (secondary N) is 1. The third-order valence-electron chi connectivity index (χ3n) is 2.81. The molecule has 0 aliphatic carbocycles. The monoisotopic (exact) mass is 400 g/mol. The third-order valence-corrected chi connectivity index (χ3v) is 3.77. The highest BCUT2D eigenvalue weighted by Crippen LogP contribution is 2.21. The van der Waals surface area contributed by atoms with Crippen molar-refractivity contribution < 1.29 is 27.4 Å². The summed E-state index contributed by atoms with van der Waals surface area (Å²) in [6.07, 6.45) is -0.612. The van der Waals surface area contributed by atoms with Crippen LogP contribution in [-0.2, 0) is 19.1 Å². The molecule has 0 aromatic heterocycles. The van der Waals surface area contributed by atoms with Gasteiger partial charge in [0.1, 0.15) is 6.10 Å². The lowest BCUT2D eigenvalue weighted by atomic mass is 10.0. The summed E-state index contributed by atoms with van der Waals surface area (Å²) in [5.74, 6) is -0.860. The van der Waals surface area contributed by atoms with Crippen LogP contribution in [0.5, 0.6) is 0 Å². The Morgan fingerprint density at radius 3 is 2.33 bits per heavy atom. The quantitative estimate of drug-likeness (QED) is 0.286. The van der Waals surface area contributed by atoms with Gasteiger partial charge >= 0.3 is 0 Å². The Labute approximate surface area is 147 Å². The third kappa shape index (κ3) is 6.57. The second kappa shape index (κ2) is 8.58. The minimum atomic E-state index is -3.83. The zero-order valence-corrected chi connectivity index (χ0v) is 14.6. The van der Waals surface area contributed by atoms with Gasteiger partial charge in [0, 0.05) is 12.1 Å². The van der Waals surface area contributed by atoms with E-state index in [0.29, 0.717) is 0 Å². The van der Waals surface area contributed by atoms with Gasteiger partial charge in [-0.05, 0) is 17.7 Å². The molecule has 0 radical (unpaired) electrons. The second-order valence-corrected chi connectivity index (χ2v) is 7.44. The number of aliphatic hydroxyl groups excluding tert-OH is 1. The lowest BCUT2D eigenvalue weighted by Crippen LogP contribution is -2.45. The van der Waals surface area contributed by atoms with Crippen LogP contribution in [0.1, 0.15) is 11.7 Å². The minimum Gasteiger partial charge on any atom is -0.386 e. The van der Waals surface area contributed by atoms with Gasteiger partial charge in [-0.3, -0.25) is 19.1 Å². The second-order valence-electron chi connectivity index (χ2n) is 4.70. The first kappa shape index (κ1) is 20.6. The number of rotatable bonds is 8. The summed E-state index contributed by atoms with van der Waals surface area (Å²) in [5.41, 5.74) is 0.00389. The molecule has 0 aliphatic heterocycles. The van der Waals surface area contributed by atoms with Crippen LogP contribution in [0.3, 0.4) is 0 Å². The first-order chi connectivity index (χ1) is 11.0. The van der Waals surface area contributed by atoms with Gasteiger partial charge in [-0.1, -0.05) is 23.2 Å². The zero-order chi connectivity index (χ0) is 18.5. The van der Waals surface area contributed by atoms with E-state index in [4.69, 9.17) is 23.2 Å². The molecule has 0 saturated carbocycles. The van der Waals surface area contributed by atoms with Crippen LogP contribution in [-0.4, -0.2) is 48.1 Å². The highest BCUT2D eigenvalue weighted by atomic mass is 35.5. The minimum absolute atomic E-state index is 0.194. The van der Waals surface area contributed by atoms with E-state index in [1.807, 2.05) is 0 Å². The number of nitro groups is 1. The van der Waals surface area contributed by atoms with E-state index < -0.39 is 44.5 Å². The Morgan fingerprint density at radius 2 is 1.92 bits per heavy atom. The molecule has 2 N–H and O–H groups in total. The summed E-state index contributed by atoms with van der Waals surface area (Å²) in [5, 5.41) is 23.2. The standard InChI is InChI=1S/C12H14Cl2N2O7S/c1-24(21,22)23-6-9(15-12(18)11(13)14)10(17)7-2-4-8(5-3-7)16(19)20/h2-5,9-11,17H,6H2,1H3,(H,15,18). The van der Waals surface area contributed by atoms with Gasteiger partial charge in [-0.25, -0.2) is 0 Å². The van der Waals surface area contributed by atoms with Crippen molar-refractivity contribution in [3.05, 3.63) is 39.9 Å². The molecule has 24 heavy (non-hydrogen) atoms. The van der Waals surface area contributed by atoms with E-state index in [1.165, 1.54) is 12.1 Å². The van der Waals surface area contributed by atoms with E-state index in [9.17, 15) is 28.4 Å². The molecule has 0 spiro atoms. The van der Waals surface area contributed by atoms with E-state index >= 15 is 0 Å². The van der Waals surface area contributed by atoms with Crippen molar-refractivity contribution in [2.45, 2.75) is 17.0 Å². The van der Waals surface area contributed by atoms with Crippen LogP contribution in [0.2, 0.25) is 0 Å². The van der Waals surface area contributed by atoms with E-state index in [-0.39, 0.29) is 11.3 Å². The van der Waals surface area contributed by atoms with Crippen LogP contribution in [0.25, 0.3) is 0 Å². The average Bonchev–Trinajstić information content (AvgIpc) is 2.49. The van der Waals surface area contributed by atoms with E-state index in [1.54, 1.807) is 0 Å². The largest absolute Gasteiger partial charge is 0.386 e. The number of nitrogens with zero attached hydrogens (tertiary/aromatic N) is 1. The van der Waals surface area contributed by atoms with E-state index in [2.05, 4.69) is 9.50 Å². The van der Waals surface area contributed by atoms with Crippen molar-refractivity contribution in [2.75, 3.05) is 12.9 Å². The molecule has 1 aromatic carbocycles. The van der Waals surface area contributed by atoms with Crippen molar-refractivity contribution in [1.82, 2.24) is 5.32 Å². The van der Waals surface area contributed by atoms with Crippen LogP contribution in [0.4, 0.5) is 5.69 Å². The van der Waals surface area contributed by atoms with Gasteiger partial charge in [0.2, 0.25) is 0 Å². The van der Waals surface area contributed by atoms with E-state index in [0.717, 1.165) is 18.4 Å². The fourth-order valence-corrected chi connectivity index (χ4v) is 2.20. The van der Waals surface area contributed by atoms with Gasteiger partial charge in [0.25, 0.3) is 21.7 Å². The maximum absolute atomic E-state index is 11.6. The van der Waals surface area contributed by atoms with Crippen molar-refractivity contribution in [3.63, 3.8) is 0 Å². The van der Waals surface area contributed by atoms with Crippen molar-refractivity contribution >= 4 is 44.9 Å². The number of benzene rings is 1. The van der Waals surface area contributed by atoms with Crippen LogP contribution in [0.15, 0.2) is 24.3 Å². The number of halogens is 2. The Bertz CT molecular complexity index is 694. The molecule has 1 rings (SSSR count). The number of hydrogen-bond acceptors (Lipinski definition) is 7. The number of nitro benzene ring substituents is 1. The van der Waals surface area contributed by atoms with Gasteiger partial charge in [-0.2, -0.15) is 8.42 Å². The average molecular weight is 401 g/mol. The van der Waals surface area contributed by atoms with Gasteiger partial charge in [0.05, 0.1) is 23.8 Å². The summed E-state index contributed by atoms with van der Waals surface area (Å²) in [7, 11) is -3.83. The Hall–Kier alpha value is -1.46. The summed E-state index contributed by atoms with van der Waals surface area (Å²) in [6, 6.07) is 3.64. The lowest BCUT2D eigenvalue weighted by molar-refractivity contribution is -0.384. The molecule has 0 bridgehead atoms. The van der Waals surface area contributed by atoms with Crippen LogP contribution in [0, 0.1) is 10.1 Å². The predicted molar refractivity (Wildman–Crippen MR) is 86.3 cm³/mol. The van der Waals surface area contributed by atoms with Gasteiger partial charge < -0.3 is 10.4 Å². The molecule has 0 aliphatic rings. The first-order valence-electron chi connectivity index (χ1n) is 6.36. The molecule has 0 fully saturated rings. The first-order valence-corrected chi connectivity index (χ1v) is 9.05. The van der Waals surface area contributed by atoms with Crippen molar-refractivity contribution in [1.29, 1.82) is 0 Å². The Morgan fingerprint density at radius 1 is 1.38 bits per heavy atom. The molecular weight excluding hydrogens is 387 g/mol. The Kier molecular flexibility index (Phi) is 7.36. The fourth-order valence-electron chi connectivity index (χ4n) is 1.68. The number of carbonyl (C=O) groups is 1. The summed E-state index contributed by atoms with van der Waals surface area (Å²) in [4.78, 5) is 20.1. The summed E-state index contributed by atoms with van der Waals surface area (Å²) in [6.45, 7) is -0.580. The maximum atomic E-state index is 11.6. The normalized spacial score (nSPS) is 14.2. The van der Waals surface area contributed by atoms with Crippen LogP contribution >= 0.6 is 23.2 Å².